The normalized spacial score (nSPS) is 13.5. The van der Waals surface area contributed by atoms with Crippen LogP contribution in [0.2, 0.25) is 0 Å². The van der Waals surface area contributed by atoms with Crippen LogP contribution in [-0.4, -0.2) is 40.5 Å². The zero-order chi connectivity index (χ0) is 18.3. The lowest BCUT2D eigenvalue weighted by Crippen LogP contribution is -2.31. The molecule has 26 heavy (non-hydrogen) atoms. The van der Waals surface area contributed by atoms with E-state index in [-0.39, 0.29) is 11.7 Å². The number of nitrogens with two attached hydrogens (primary N) is 1. The van der Waals surface area contributed by atoms with E-state index in [0.717, 1.165) is 35.1 Å². The van der Waals surface area contributed by atoms with E-state index in [1.807, 2.05) is 17.0 Å². The Morgan fingerprint density at radius 3 is 2.92 bits per heavy atom. The van der Waals surface area contributed by atoms with Gasteiger partial charge in [0.15, 0.2) is 0 Å². The summed E-state index contributed by atoms with van der Waals surface area (Å²) in [5.74, 6) is -0.369. The second-order valence-electron chi connectivity index (χ2n) is 6.13. The summed E-state index contributed by atoms with van der Waals surface area (Å²) in [7, 11) is 1.37. The highest BCUT2D eigenvalue weighted by Gasteiger charge is 2.23. The summed E-state index contributed by atoms with van der Waals surface area (Å²) in [6, 6.07) is 5.47. The average Bonchev–Trinajstić information content (AvgIpc) is 3.04. The highest BCUT2D eigenvalue weighted by atomic mass is 16.5. The summed E-state index contributed by atoms with van der Waals surface area (Å²) < 4.78 is 4.81. The van der Waals surface area contributed by atoms with Gasteiger partial charge in [-0.1, -0.05) is 0 Å². The van der Waals surface area contributed by atoms with Crippen LogP contribution in [0.15, 0.2) is 30.6 Å². The molecule has 132 valence electrons. The standard InChI is InChI=1S/C18H17N5O3/c1-26-18(25)10-2-3-13-11(6-10)12-9-23(5-4-14(12)21-13)16-8-20-7-15(22-16)17(19)24/h2-3,6-8,21H,4-5,9H2,1H3,(H2,19,24). The number of nitrogens with one attached hydrogen (secondary N) is 1. The zero-order valence-corrected chi connectivity index (χ0v) is 14.2. The van der Waals surface area contributed by atoms with Crippen molar-refractivity contribution in [3.05, 3.63) is 53.1 Å². The molecule has 0 saturated carbocycles. The van der Waals surface area contributed by atoms with Crippen LogP contribution in [-0.2, 0) is 17.7 Å². The smallest absolute Gasteiger partial charge is 0.337 e. The molecule has 1 aromatic carbocycles. The zero-order valence-electron chi connectivity index (χ0n) is 14.2. The minimum absolute atomic E-state index is 0.139. The monoisotopic (exact) mass is 351 g/mol. The third-order valence-electron chi connectivity index (χ3n) is 4.59. The summed E-state index contributed by atoms with van der Waals surface area (Å²) >= 11 is 0. The largest absolute Gasteiger partial charge is 0.465 e. The molecule has 0 radical (unpaired) electrons. The number of methoxy groups -OCH3 is 1. The lowest BCUT2D eigenvalue weighted by Gasteiger charge is -2.28. The van der Waals surface area contributed by atoms with E-state index < -0.39 is 5.91 Å². The van der Waals surface area contributed by atoms with Crippen LogP contribution in [0.5, 0.6) is 0 Å². The van der Waals surface area contributed by atoms with E-state index in [9.17, 15) is 9.59 Å². The summed E-state index contributed by atoms with van der Waals surface area (Å²) in [6.45, 7) is 1.33. The maximum absolute atomic E-state index is 11.8. The molecular formula is C18H17N5O3. The van der Waals surface area contributed by atoms with Crippen LogP contribution in [0, 0.1) is 0 Å². The van der Waals surface area contributed by atoms with Gasteiger partial charge in [-0.05, 0) is 18.2 Å². The Morgan fingerprint density at radius 2 is 2.15 bits per heavy atom. The number of rotatable bonds is 3. The van der Waals surface area contributed by atoms with Crippen LogP contribution < -0.4 is 10.6 Å². The minimum atomic E-state index is -0.605. The summed E-state index contributed by atoms with van der Waals surface area (Å²) in [6.07, 6.45) is 3.77. The molecule has 3 aromatic rings. The molecule has 0 atom stereocenters. The van der Waals surface area contributed by atoms with Gasteiger partial charge in [0.1, 0.15) is 11.5 Å². The Kier molecular flexibility index (Phi) is 3.80. The molecule has 3 N–H and O–H groups in total. The van der Waals surface area contributed by atoms with Gasteiger partial charge in [0.2, 0.25) is 0 Å². The summed E-state index contributed by atoms with van der Waals surface area (Å²) in [5, 5.41) is 0.978. The molecule has 0 saturated heterocycles. The fraction of sp³-hybridized carbons (Fsp3) is 0.222. The number of ether oxygens (including phenoxy) is 1. The molecule has 0 unspecified atom stereocenters. The van der Waals surface area contributed by atoms with Crippen LogP contribution in [0.4, 0.5) is 5.82 Å². The second-order valence-corrected chi connectivity index (χ2v) is 6.13. The average molecular weight is 351 g/mol. The fourth-order valence-corrected chi connectivity index (χ4v) is 3.28. The van der Waals surface area contributed by atoms with E-state index in [0.29, 0.717) is 17.9 Å². The number of fused-ring (bicyclic) bond motifs is 3. The van der Waals surface area contributed by atoms with Gasteiger partial charge in [-0.2, -0.15) is 0 Å². The molecule has 1 aliphatic heterocycles. The molecule has 0 spiro atoms. The molecular weight excluding hydrogens is 334 g/mol. The molecule has 0 fully saturated rings. The second kappa shape index (κ2) is 6.14. The first-order valence-electron chi connectivity index (χ1n) is 8.15. The van der Waals surface area contributed by atoms with Gasteiger partial charge < -0.3 is 20.4 Å². The van der Waals surface area contributed by atoms with Gasteiger partial charge in [-0.25, -0.2) is 9.78 Å². The lowest BCUT2D eigenvalue weighted by atomic mass is 10.0. The van der Waals surface area contributed by atoms with Crippen LogP contribution in [0.25, 0.3) is 10.9 Å². The minimum Gasteiger partial charge on any atom is -0.465 e. The number of primary amides is 1. The highest BCUT2D eigenvalue weighted by molar-refractivity contribution is 5.96. The number of esters is 1. The number of benzene rings is 1. The third-order valence-corrected chi connectivity index (χ3v) is 4.59. The Hall–Kier alpha value is -3.42. The van der Waals surface area contributed by atoms with Crippen molar-refractivity contribution in [1.82, 2.24) is 15.0 Å². The van der Waals surface area contributed by atoms with Gasteiger partial charge in [0.05, 0.1) is 25.1 Å². The van der Waals surface area contributed by atoms with Gasteiger partial charge in [-0.15, -0.1) is 0 Å². The maximum Gasteiger partial charge on any atom is 0.337 e. The maximum atomic E-state index is 11.8. The highest BCUT2D eigenvalue weighted by Crippen LogP contribution is 2.30. The first-order chi connectivity index (χ1) is 12.6. The van der Waals surface area contributed by atoms with Gasteiger partial charge in [0.25, 0.3) is 5.91 Å². The number of hydrogen-bond donors (Lipinski definition) is 2. The first kappa shape index (κ1) is 16.1. The predicted octanol–water partition coefficient (Wildman–Crippen LogP) is 1.41. The summed E-state index contributed by atoms with van der Waals surface area (Å²) in [4.78, 5) is 37.0. The van der Waals surface area contributed by atoms with Crippen molar-refractivity contribution in [3.8, 4) is 0 Å². The van der Waals surface area contributed by atoms with Crippen LogP contribution in [0.3, 0.4) is 0 Å². The molecule has 4 rings (SSSR count). The molecule has 0 aliphatic carbocycles. The number of anilines is 1. The van der Waals surface area contributed by atoms with Gasteiger partial charge in [0, 0.05) is 41.7 Å². The number of H-pyrrole nitrogens is 1. The number of amides is 1. The predicted molar refractivity (Wildman–Crippen MR) is 94.9 cm³/mol. The SMILES string of the molecule is COC(=O)c1ccc2[nH]c3c(c2c1)CN(c1cncc(C(N)=O)n1)CC3. The summed E-state index contributed by atoms with van der Waals surface area (Å²) in [5.41, 5.74) is 9.15. The van der Waals surface area contributed by atoms with Crippen molar-refractivity contribution in [1.29, 1.82) is 0 Å². The van der Waals surface area contributed by atoms with E-state index in [2.05, 4.69) is 15.0 Å². The first-order valence-corrected chi connectivity index (χ1v) is 8.15. The number of carbonyl (C=O) groups is 2. The lowest BCUT2D eigenvalue weighted by molar-refractivity contribution is 0.0600. The molecule has 3 heterocycles. The third kappa shape index (κ3) is 2.65. The van der Waals surface area contributed by atoms with Crippen molar-refractivity contribution in [2.75, 3.05) is 18.6 Å². The fourth-order valence-electron chi connectivity index (χ4n) is 3.28. The molecule has 2 aromatic heterocycles. The number of hydrogen-bond acceptors (Lipinski definition) is 6. The number of carbonyl (C=O) groups excluding carboxylic acids is 2. The number of aromatic amines is 1. The molecule has 1 amide bonds. The Morgan fingerprint density at radius 1 is 1.31 bits per heavy atom. The Balaban J connectivity index is 1.72. The quantitative estimate of drug-likeness (QED) is 0.690. The van der Waals surface area contributed by atoms with Crippen molar-refractivity contribution >= 4 is 28.6 Å². The van der Waals surface area contributed by atoms with Crippen molar-refractivity contribution in [2.24, 2.45) is 5.73 Å². The molecule has 0 bridgehead atoms. The number of aromatic nitrogens is 3. The van der Waals surface area contributed by atoms with Crippen molar-refractivity contribution in [3.63, 3.8) is 0 Å². The molecule has 8 nitrogen and oxygen atoms in total. The van der Waals surface area contributed by atoms with E-state index in [1.165, 1.54) is 13.3 Å². The number of nitrogens with zero attached hydrogens (tertiary/aromatic N) is 3. The van der Waals surface area contributed by atoms with Gasteiger partial charge in [-0.3, -0.25) is 9.78 Å². The van der Waals surface area contributed by atoms with Crippen molar-refractivity contribution < 1.29 is 14.3 Å². The van der Waals surface area contributed by atoms with Crippen LogP contribution in [0.1, 0.15) is 32.1 Å². The van der Waals surface area contributed by atoms with E-state index in [4.69, 9.17) is 10.5 Å². The van der Waals surface area contributed by atoms with E-state index >= 15 is 0 Å². The Bertz CT molecular complexity index is 1030. The van der Waals surface area contributed by atoms with Crippen LogP contribution >= 0.6 is 0 Å². The van der Waals surface area contributed by atoms with Gasteiger partial charge >= 0.3 is 5.97 Å². The molecule has 1 aliphatic rings. The topological polar surface area (TPSA) is 114 Å². The van der Waals surface area contributed by atoms with E-state index in [1.54, 1.807) is 12.3 Å². The Labute approximate surface area is 149 Å². The molecule has 8 heteroatoms. The van der Waals surface area contributed by atoms with Crippen molar-refractivity contribution in [2.45, 2.75) is 13.0 Å².